The van der Waals surface area contributed by atoms with E-state index in [1.54, 1.807) is 16.8 Å². The van der Waals surface area contributed by atoms with Gasteiger partial charge in [0.1, 0.15) is 18.6 Å². The van der Waals surface area contributed by atoms with Gasteiger partial charge >= 0.3 is 0 Å². The second-order valence-electron chi connectivity index (χ2n) is 6.26. The van der Waals surface area contributed by atoms with Gasteiger partial charge in [-0.3, -0.25) is 0 Å². The van der Waals surface area contributed by atoms with Crippen molar-refractivity contribution < 1.29 is 9.13 Å². The molecule has 0 N–H and O–H groups in total. The van der Waals surface area contributed by atoms with E-state index in [0.717, 1.165) is 11.4 Å². The van der Waals surface area contributed by atoms with Crippen LogP contribution in [0.4, 0.5) is 4.39 Å². The summed E-state index contributed by atoms with van der Waals surface area (Å²) in [6, 6.07) is 6.29. The van der Waals surface area contributed by atoms with Crippen molar-refractivity contribution in [3.05, 3.63) is 34.2 Å². The van der Waals surface area contributed by atoms with Crippen LogP contribution in [0.3, 0.4) is 0 Å². The lowest BCUT2D eigenvalue weighted by molar-refractivity contribution is 0.0902. The standard InChI is InChI=1S/C15H18BrFN2OSi/c1-21(2,3)5-4-20-10-19-9-11(8-18)12-6-13(16)14(17)7-15(12)19/h6-7,9H,4-5,10H2,1-3H3. The number of benzene rings is 1. The number of rotatable bonds is 5. The van der Waals surface area contributed by atoms with Crippen LogP contribution in [-0.4, -0.2) is 19.2 Å². The summed E-state index contributed by atoms with van der Waals surface area (Å²) in [5.41, 5.74) is 1.21. The number of ether oxygens (including phenoxy) is 1. The summed E-state index contributed by atoms with van der Waals surface area (Å²) < 4.78 is 21.5. The average Bonchev–Trinajstić information content (AvgIpc) is 2.72. The molecule has 0 aliphatic carbocycles. The highest BCUT2D eigenvalue weighted by molar-refractivity contribution is 9.10. The van der Waals surface area contributed by atoms with Crippen LogP contribution in [0.5, 0.6) is 0 Å². The first-order valence-corrected chi connectivity index (χ1v) is 11.3. The molecule has 1 aromatic carbocycles. The van der Waals surface area contributed by atoms with Gasteiger partial charge in [0.15, 0.2) is 0 Å². The Balaban J connectivity index is 2.20. The van der Waals surface area contributed by atoms with Crippen LogP contribution < -0.4 is 0 Å². The summed E-state index contributed by atoms with van der Waals surface area (Å²) >= 11 is 3.15. The van der Waals surface area contributed by atoms with Gasteiger partial charge in [0.2, 0.25) is 0 Å². The van der Waals surface area contributed by atoms with Crippen LogP contribution in [0, 0.1) is 17.1 Å². The third-order valence-corrected chi connectivity index (χ3v) is 5.58. The van der Waals surface area contributed by atoms with Gasteiger partial charge in [0, 0.05) is 26.3 Å². The highest BCUT2D eigenvalue weighted by Gasteiger charge is 2.14. The van der Waals surface area contributed by atoms with Crippen molar-refractivity contribution in [1.82, 2.24) is 4.57 Å². The van der Waals surface area contributed by atoms with Gasteiger partial charge in [-0.05, 0) is 34.1 Å². The maximum atomic E-state index is 13.7. The van der Waals surface area contributed by atoms with Crippen molar-refractivity contribution in [2.75, 3.05) is 6.61 Å². The lowest BCUT2D eigenvalue weighted by Gasteiger charge is -2.15. The zero-order valence-corrected chi connectivity index (χ0v) is 15.0. The van der Waals surface area contributed by atoms with Crippen LogP contribution in [-0.2, 0) is 11.5 Å². The van der Waals surface area contributed by atoms with Gasteiger partial charge in [-0.1, -0.05) is 19.6 Å². The molecule has 0 bridgehead atoms. The van der Waals surface area contributed by atoms with Gasteiger partial charge < -0.3 is 9.30 Å². The van der Waals surface area contributed by atoms with Crippen LogP contribution in [0.25, 0.3) is 10.9 Å². The fourth-order valence-electron chi connectivity index (χ4n) is 2.02. The van der Waals surface area contributed by atoms with E-state index in [1.165, 1.54) is 6.07 Å². The second kappa shape index (κ2) is 6.30. The number of nitrogens with zero attached hydrogens (tertiary/aromatic N) is 2. The molecule has 0 unspecified atom stereocenters. The van der Waals surface area contributed by atoms with E-state index < -0.39 is 8.07 Å². The summed E-state index contributed by atoms with van der Waals surface area (Å²) in [6.45, 7) is 7.91. The topological polar surface area (TPSA) is 38.0 Å². The summed E-state index contributed by atoms with van der Waals surface area (Å²) in [7, 11) is -1.12. The number of halogens is 2. The molecule has 0 aliphatic heterocycles. The third-order valence-electron chi connectivity index (χ3n) is 3.27. The SMILES string of the molecule is C[Si](C)(C)CCOCn1cc(C#N)c2cc(Br)c(F)cc21. The van der Waals surface area contributed by atoms with Crippen molar-refractivity contribution in [1.29, 1.82) is 5.26 Å². The van der Waals surface area contributed by atoms with E-state index in [1.807, 2.05) is 0 Å². The molecular weight excluding hydrogens is 351 g/mol. The Labute approximate surface area is 133 Å². The van der Waals surface area contributed by atoms with Crippen LogP contribution in [0.2, 0.25) is 25.7 Å². The van der Waals surface area contributed by atoms with E-state index in [-0.39, 0.29) is 5.82 Å². The second-order valence-corrected chi connectivity index (χ2v) is 12.7. The molecule has 0 fully saturated rings. The minimum absolute atomic E-state index is 0.337. The summed E-state index contributed by atoms with van der Waals surface area (Å²) in [6.07, 6.45) is 1.71. The van der Waals surface area contributed by atoms with Gasteiger partial charge in [-0.25, -0.2) is 4.39 Å². The zero-order chi connectivity index (χ0) is 15.6. The summed E-state index contributed by atoms with van der Waals surface area (Å²) in [5, 5.41) is 9.92. The Kier molecular flexibility index (Phi) is 4.87. The van der Waals surface area contributed by atoms with Gasteiger partial charge in [-0.15, -0.1) is 0 Å². The van der Waals surface area contributed by atoms with Crippen molar-refractivity contribution in [3.63, 3.8) is 0 Å². The Bertz CT molecular complexity index is 700. The highest BCUT2D eigenvalue weighted by atomic mass is 79.9. The molecule has 1 heterocycles. The van der Waals surface area contributed by atoms with Crippen LogP contribution in [0.1, 0.15) is 5.56 Å². The van der Waals surface area contributed by atoms with Crippen LogP contribution in [0.15, 0.2) is 22.8 Å². The molecule has 3 nitrogen and oxygen atoms in total. The quantitative estimate of drug-likeness (QED) is 0.565. The first-order chi connectivity index (χ1) is 9.81. The lowest BCUT2D eigenvalue weighted by Crippen LogP contribution is -2.21. The first-order valence-electron chi connectivity index (χ1n) is 6.77. The Hall–Kier alpha value is -1.16. The van der Waals surface area contributed by atoms with Gasteiger partial charge in [0.25, 0.3) is 0 Å². The van der Waals surface area contributed by atoms with E-state index >= 15 is 0 Å². The fraction of sp³-hybridized carbons (Fsp3) is 0.400. The highest BCUT2D eigenvalue weighted by Crippen LogP contribution is 2.27. The monoisotopic (exact) mass is 368 g/mol. The Morgan fingerprint density at radius 2 is 2.10 bits per heavy atom. The molecule has 6 heteroatoms. The Morgan fingerprint density at radius 3 is 2.71 bits per heavy atom. The van der Waals surface area contributed by atoms with E-state index in [0.29, 0.717) is 28.9 Å². The molecule has 112 valence electrons. The van der Waals surface area contributed by atoms with Gasteiger partial charge in [-0.2, -0.15) is 5.26 Å². The third kappa shape index (κ3) is 3.94. The molecule has 21 heavy (non-hydrogen) atoms. The molecule has 2 aromatic rings. The van der Waals surface area contributed by atoms with E-state index in [4.69, 9.17) is 4.74 Å². The summed E-state index contributed by atoms with van der Waals surface area (Å²) in [5.74, 6) is -0.339. The molecule has 1 aromatic heterocycles. The maximum absolute atomic E-state index is 13.7. The molecule has 0 amide bonds. The average molecular weight is 369 g/mol. The molecular formula is C15H18BrFN2OSi. The van der Waals surface area contributed by atoms with Crippen molar-refractivity contribution >= 4 is 34.9 Å². The largest absolute Gasteiger partial charge is 0.361 e. The van der Waals surface area contributed by atoms with Crippen LogP contribution >= 0.6 is 15.9 Å². The number of nitriles is 1. The molecule has 0 saturated carbocycles. The van der Waals surface area contributed by atoms with Gasteiger partial charge in [0.05, 0.1) is 15.6 Å². The minimum atomic E-state index is -1.12. The predicted octanol–water partition coefficient (Wildman–Crippen LogP) is 4.73. The molecule has 2 rings (SSSR count). The molecule has 0 atom stereocenters. The predicted molar refractivity (Wildman–Crippen MR) is 88.4 cm³/mol. The number of hydrogen-bond donors (Lipinski definition) is 0. The molecule has 0 spiro atoms. The fourth-order valence-corrected chi connectivity index (χ4v) is 3.12. The minimum Gasteiger partial charge on any atom is -0.361 e. The normalized spacial score (nSPS) is 11.8. The number of fused-ring (bicyclic) bond motifs is 1. The van der Waals surface area contributed by atoms with E-state index in [2.05, 4.69) is 41.6 Å². The first kappa shape index (κ1) is 16.2. The van der Waals surface area contributed by atoms with Crippen molar-refractivity contribution in [3.8, 4) is 6.07 Å². The number of aromatic nitrogens is 1. The smallest absolute Gasteiger partial charge is 0.139 e. The molecule has 0 radical (unpaired) electrons. The van der Waals surface area contributed by atoms with Crippen molar-refractivity contribution in [2.24, 2.45) is 0 Å². The maximum Gasteiger partial charge on any atom is 0.139 e. The number of hydrogen-bond acceptors (Lipinski definition) is 2. The summed E-state index contributed by atoms with van der Waals surface area (Å²) in [4.78, 5) is 0. The Morgan fingerprint density at radius 1 is 1.38 bits per heavy atom. The van der Waals surface area contributed by atoms with E-state index in [9.17, 15) is 9.65 Å². The zero-order valence-electron chi connectivity index (χ0n) is 12.4. The lowest BCUT2D eigenvalue weighted by atomic mass is 10.2. The molecule has 0 saturated heterocycles. The molecule has 0 aliphatic rings. The van der Waals surface area contributed by atoms with Crippen molar-refractivity contribution in [2.45, 2.75) is 32.4 Å².